The van der Waals surface area contributed by atoms with E-state index >= 15 is 0 Å². The number of primary amides is 1. The highest BCUT2D eigenvalue weighted by atomic mass is 16.5. The number of rotatable bonds is 6. The standard InChI is InChI=1S/C14H19NO3/c1-4-17-13-9-11(6-8-14(15)16)5-7-12(13)18-10(2)3/h5-10H,4H2,1-3H3,(H2,15,16)/b8-6+. The third-order valence-electron chi connectivity index (χ3n) is 2.07. The van der Waals surface area contributed by atoms with E-state index < -0.39 is 5.91 Å². The first-order chi connectivity index (χ1) is 8.52. The quantitative estimate of drug-likeness (QED) is 0.787. The molecule has 1 aromatic rings. The number of nitrogens with two attached hydrogens (primary N) is 1. The lowest BCUT2D eigenvalue weighted by molar-refractivity contribution is -0.113. The van der Waals surface area contributed by atoms with Crippen molar-refractivity contribution in [1.29, 1.82) is 0 Å². The van der Waals surface area contributed by atoms with Crippen molar-refractivity contribution in [2.24, 2.45) is 5.73 Å². The lowest BCUT2D eigenvalue weighted by Gasteiger charge is -2.14. The summed E-state index contributed by atoms with van der Waals surface area (Å²) < 4.78 is 11.1. The summed E-state index contributed by atoms with van der Waals surface area (Å²) in [7, 11) is 0. The predicted molar refractivity (Wildman–Crippen MR) is 71.6 cm³/mol. The Balaban J connectivity index is 2.98. The Hall–Kier alpha value is -1.97. The molecule has 1 amide bonds. The second-order valence-electron chi connectivity index (χ2n) is 4.04. The van der Waals surface area contributed by atoms with Crippen molar-refractivity contribution < 1.29 is 14.3 Å². The first-order valence-electron chi connectivity index (χ1n) is 5.94. The Kier molecular flexibility index (Phi) is 5.24. The maximum Gasteiger partial charge on any atom is 0.241 e. The van der Waals surface area contributed by atoms with Crippen LogP contribution in [0.4, 0.5) is 0 Å². The van der Waals surface area contributed by atoms with Gasteiger partial charge in [0.2, 0.25) is 5.91 Å². The van der Waals surface area contributed by atoms with Gasteiger partial charge in [-0.15, -0.1) is 0 Å². The molecule has 4 nitrogen and oxygen atoms in total. The summed E-state index contributed by atoms with van der Waals surface area (Å²) in [5.74, 6) is 0.886. The van der Waals surface area contributed by atoms with Gasteiger partial charge in [-0.05, 0) is 44.5 Å². The zero-order valence-electron chi connectivity index (χ0n) is 11.0. The van der Waals surface area contributed by atoms with Crippen LogP contribution in [0.5, 0.6) is 11.5 Å². The first kappa shape index (κ1) is 14.1. The van der Waals surface area contributed by atoms with Crippen molar-refractivity contribution in [1.82, 2.24) is 0 Å². The molecule has 0 unspecified atom stereocenters. The summed E-state index contributed by atoms with van der Waals surface area (Å²) in [4.78, 5) is 10.7. The molecule has 0 aliphatic heterocycles. The van der Waals surface area contributed by atoms with Crippen molar-refractivity contribution in [3.05, 3.63) is 29.8 Å². The molecule has 1 aromatic carbocycles. The van der Waals surface area contributed by atoms with Gasteiger partial charge in [0.1, 0.15) is 0 Å². The zero-order chi connectivity index (χ0) is 13.5. The van der Waals surface area contributed by atoms with E-state index in [0.29, 0.717) is 18.1 Å². The highest BCUT2D eigenvalue weighted by Gasteiger charge is 2.07. The van der Waals surface area contributed by atoms with Crippen LogP contribution in [0.3, 0.4) is 0 Å². The molecule has 0 aliphatic carbocycles. The summed E-state index contributed by atoms with van der Waals surface area (Å²) in [6.07, 6.45) is 3.04. The van der Waals surface area contributed by atoms with Gasteiger partial charge in [-0.1, -0.05) is 6.07 Å². The minimum absolute atomic E-state index is 0.0798. The van der Waals surface area contributed by atoms with Crippen LogP contribution in [-0.2, 0) is 4.79 Å². The monoisotopic (exact) mass is 249 g/mol. The van der Waals surface area contributed by atoms with E-state index in [1.807, 2.05) is 39.0 Å². The fraction of sp³-hybridized carbons (Fsp3) is 0.357. The molecule has 0 bridgehead atoms. The van der Waals surface area contributed by atoms with E-state index in [1.165, 1.54) is 6.08 Å². The minimum Gasteiger partial charge on any atom is -0.490 e. The van der Waals surface area contributed by atoms with Gasteiger partial charge >= 0.3 is 0 Å². The molecular formula is C14H19NO3. The van der Waals surface area contributed by atoms with E-state index in [1.54, 1.807) is 6.08 Å². The molecule has 0 aromatic heterocycles. The van der Waals surface area contributed by atoms with Gasteiger partial charge < -0.3 is 15.2 Å². The minimum atomic E-state index is -0.476. The van der Waals surface area contributed by atoms with Crippen LogP contribution in [0.15, 0.2) is 24.3 Å². The van der Waals surface area contributed by atoms with E-state index in [2.05, 4.69) is 0 Å². The van der Waals surface area contributed by atoms with Crippen molar-refractivity contribution in [2.75, 3.05) is 6.61 Å². The second-order valence-corrected chi connectivity index (χ2v) is 4.04. The topological polar surface area (TPSA) is 61.5 Å². The Morgan fingerprint density at radius 3 is 2.67 bits per heavy atom. The fourth-order valence-corrected chi connectivity index (χ4v) is 1.43. The largest absolute Gasteiger partial charge is 0.490 e. The van der Waals surface area contributed by atoms with Crippen molar-refractivity contribution in [3.8, 4) is 11.5 Å². The van der Waals surface area contributed by atoms with Crippen LogP contribution in [0.1, 0.15) is 26.3 Å². The maximum atomic E-state index is 10.7. The molecule has 98 valence electrons. The molecule has 0 heterocycles. The Labute approximate surface area is 107 Å². The van der Waals surface area contributed by atoms with Crippen molar-refractivity contribution in [3.63, 3.8) is 0 Å². The molecule has 0 fully saturated rings. The number of carbonyl (C=O) groups excluding carboxylic acids is 1. The van der Waals surface area contributed by atoms with Crippen LogP contribution in [-0.4, -0.2) is 18.6 Å². The predicted octanol–water partition coefficient (Wildman–Crippen LogP) is 2.37. The Morgan fingerprint density at radius 2 is 2.11 bits per heavy atom. The molecule has 0 atom stereocenters. The summed E-state index contributed by atoms with van der Waals surface area (Å²) in [5, 5.41) is 0. The van der Waals surface area contributed by atoms with Gasteiger partial charge in [0.05, 0.1) is 12.7 Å². The van der Waals surface area contributed by atoms with E-state index in [-0.39, 0.29) is 6.10 Å². The molecule has 0 radical (unpaired) electrons. The number of amides is 1. The zero-order valence-corrected chi connectivity index (χ0v) is 11.0. The molecule has 1 rings (SSSR count). The number of hydrogen-bond acceptors (Lipinski definition) is 3. The van der Waals surface area contributed by atoms with Gasteiger partial charge in [-0.25, -0.2) is 0 Å². The van der Waals surface area contributed by atoms with Crippen LogP contribution < -0.4 is 15.2 Å². The lowest BCUT2D eigenvalue weighted by atomic mass is 10.2. The molecule has 4 heteroatoms. The highest BCUT2D eigenvalue weighted by Crippen LogP contribution is 2.29. The van der Waals surface area contributed by atoms with Gasteiger partial charge in [-0.2, -0.15) is 0 Å². The number of ether oxygens (including phenoxy) is 2. The average Bonchev–Trinajstić information content (AvgIpc) is 2.29. The molecular weight excluding hydrogens is 230 g/mol. The molecule has 0 spiro atoms. The molecule has 0 saturated carbocycles. The van der Waals surface area contributed by atoms with E-state index in [9.17, 15) is 4.79 Å². The smallest absolute Gasteiger partial charge is 0.241 e. The number of benzene rings is 1. The molecule has 0 aliphatic rings. The average molecular weight is 249 g/mol. The second kappa shape index (κ2) is 6.69. The van der Waals surface area contributed by atoms with Gasteiger partial charge in [-0.3, -0.25) is 4.79 Å². The molecule has 2 N–H and O–H groups in total. The van der Waals surface area contributed by atoms with Crippen LogP contribution in [0.2, 0.25) is 0 Å². The fourth-order valence-electron chi connectivity index (χ4n) is 1.43. The van der Waals surface area contributed by atoms with E-state index in [0.717, 1.165) is 5.56 Å². The van der Waals surface area contributed by atoms with Gasteiger partial charge in [0, 0.05) is 6.08 Å². The van der Waals surface area contributed by atoms with Gasteiger partial charge in [0.25, 0.3) is 0 Å². The SMILES string of the molecule is CCOc1cc(/C=C/C(N)=O)ccc1OC(C)C. The van der Waals surface area contributed by atoms with Crippen molar-refractivity contribution in [2.45, 2.75) is 26.9 Å². The molecule has 0 saturated heterocycles. The summed E-state index contributed by atoms with van der Waals surface area (Å²) in [6.45, 7) is 6.37. The summed E-state index contributed by atoms with van der Waals surface area (Å²) >= 11 is 0. The Morgan fingerprint density at radius 1 is 1.39 bits per heavy atom. The number of carbonyl (C=O) groups is 1. The third kappa shape index (κ3) is 4.49. The summed E-state index contributed by atoms with van der Waals surface area (Å²) in [6, 6.07) is 5.49. The van der Waals surface area contributed by atoms with Crippen molar-refractivity contribution >= 4 is 12.0 Å². The highest BCUT2D eigenvalue weighted by molar-refractivity contribution is 5.90. The summed E-state index contributed by atoms with van der Waals surface area (Å²) in [5.41, 5.74) is 5.89. The first-order valence-corrected chi connectivity index (χ1v) is 5.94. The van der Waals surface area contributed by atoms with Crippen LogP contribution >= 0.6 is 0 Å². The lowest BCUT2D eigenvalue weighted by Crippen LogP contribution is -2.07. The van der Waals surface area contributed by atoms with E-state index in [4.69, 9.17) is 15.2 Å². The molecule has 18 heavy (non-hydrogen) atoms. The maximum absolute atomic E-state index is 10.7. The van der Waals surface area contributed by atoms with Crippen LogP contribution in [0.25, 0.3) is 6.08 Å². The number of hydrogen-bond donors (Lipinski definition) is 1. The van der Waals surface area contributed by atoms with Gasteiger partial charge in [0.15, 0.2) is 11.5 Å². The Bertz CT molecular complexity index is 439. The van der Waals surface area contributed by atoms with Crippen LogP contribution in [0, 0.1) is 0 Å². The third-order valence-corrected chi connectivity index (χ3v) is 2.07. The normalized spacial score (nSPS) is 10.9.